The molecule has 0 amide bonds. The van der Waals surface area contributed by atoms with Gasteiger partial charge in [0.05, 0.1) is 12.2 Å². The average molecular weight is 256 g/mol. The fourth-order valence-corrected chi connectivity index (χ4v) is 2.74. The molecule has 1 saturated heterocycles. The third-order valence-electron chi connectivity index (χ3n) is 3.87. The van der Waals surface area contributed by atoms with Gasteiger partial charge in [-0.2, -0.15) is 0 Å². The van der Waals surface area contributed by atoms with Crippen molar-refractivity contribution in [2.75, 3.05) is 6.61 Å². The molecule has 1 aliphatic heterocycles. The van der Waals surface area contributed by atoms with Gasteiger partial charge in [0, 0.05) is 12.5 Å². The number of Topliss-reactive ketones (excluding diaryl/α,β-unsaturated/α-hetero) is 1. The van der Waals surface area contributed by atoms with Crippen molar-refractivity contribution in [1.82, 2.24) is 0 Å². The van der Waals surface area contributed by atoms with Crippen molar-refractivity contribution < 1.29 is 14.6 Å². The Hall–Kier alpha value is -0.410. The first kappa shape index (κ1) is 15.6. The molecule has 1 rings (SSSR count). The maximum atomic E-state index is 11.7. The number of rotatable bonds is 8. The summed E-state index contributed by atoms with van der Waals surface area (Å²) in [5.41, 5.74) is 0. The Balaban J connectivity index is 2.36. The van der Waals surface area contributed by atoms with Gasteiger partial charge in [0.25, 0.3) is 0 Å². The molecule has 18 heavy (non-hydrogen) atoms. The van der Waals surface area contributed by atoms with E-state index in [1.54, 1.807) is 6.92 Å². The van der Waals surface area contributed by atoms with Gasteiger partial charge in [0.2, 0.25) is 0 Å². The number of aliphatic hydroxyl groups excluding tert-OH is 1. The lowest BCUT2D eigenvalue weighted by atomic mass is 9.86. The van der Waals surface area contributed by atoms with E-state index in [2.05, 4.69) is 6.92 Å². The van der Waals surface area contributed by atoms with Crippen molar-refractivity contribution in [2.24, 2.45) is 5.92 Å². The molecule has 106 valence electrons. The van der Waals surface area contributed by atoms with Crippen LogP contribution in [0.3, 0.4) is 0 Å². The van der Waals surface area contributed by atoms with Gasteiger partial charge in [-0.15, -0.1) is 0 Å². The SMILES string of the molecule is CCCCCCC[C@H](C(C)=O)[C@H]1OCCC[C@H]1O. The van der Waals surface area contributed by atoms with E-state index in [1.165, 1.54) is 25.7 Å². The smallest absolute Gasteiger partial charge is 0.135 e. The Morgan fingerprint density at radius 2 is 2.06 bits per heavy atom. The van der Waals surface area contributed by atoms with Gasteiger partial charge < -0.3 is 9.84 Å². The zero-order valence-electron chi connectivity index (χ0n) is 11.9. The van der Waals surface area contributed by atoms with Crippen LogP contribution >= 0.6 is 0 Å². The minimum atomic E-state index is -0.455. The van der Waals surface area contributed by atoms with Crippen molar-refractivity contribution in [2.45, 2.75) is 77.4 Å². The summed E-state index contributed by atoms with van der Waals surface area (Å²) < 4.78 is 5.62. The molecule has 0 aliphatic carbocycles. The minimum absolute atomic E-state index is 0.109. The zero-order valence-corrected chi connectivity index (χ0v) is 11.9. The van der Waals surface area contributed by atoms with Crippen LogP contribution in [-0.2, 0) is 9.53 Å². The number of hydrogen-bond acceptors (Lipinski definition) is 3. The Kier molecular flexibility index (Phi) is 7.52. The third kappa shape index (κ3) is 5.07. The Labute approximate surface area is 111 Å². The van der Waals surface area contributed by atoms with E-state index >= 15 is 0 Å². The molecular weight excluding hydrogens is 228 g/mol. The molecule has 1 aliphatic rings. The van der Waals surface area contributed by atoms with Crippen LogP contribution in [0.1, 0.15) is 65.2 Å². The summed E-state index contributed by atoms with van der Waals surface area (Å²) in [6, 6.07) is 0. The van der Waals surface area contributed by atoms with Crippen molar-refractivity contribution in [3.05, 3.63) is 0 Å². The second-order valence-electron chi connectivity index (χ2n) is 5.47. The summed E-state index contributed by atoms with van der Waals surface area (Å²) in [7, 11) is 0. The zero-order chi connectivity index (χ0) is 13.4. The van der Waals surface area contributed by atoms with E-state index in [-0.39, 0.29) is 17.8 Å². The predicted molar refractivity (Wildman–Crippen MR) is 72.5 cm³/mol. The number of unbranched alkanes of at least 4 members (excludes halogenated alkanes) is 4. The first-order valence-electron chi connectivity index (χ1n) is 7.47. The van der Waals surface area contributed by atoms with E-state index in [0.29, 0.717) is 6.61 Å². The first-order valence-corrected chi connectivity index (χ1v) is 7.47. The molecule has 3 heteroatoms. The molecule has 1 fully saturated rings. The fourth-order valence-electron chi connectivity index (χ4n) is 2.74. The van der Waals surface area contributed by atoms with E-state index in [1.807, 2.05) is 0 Å². The molecule has 3 atom stereocenters. The average Bonchev–Trinajstić information content (AvgIpc) is 2.35. The quantitative estimate of drug-likeness (QED) is 0.679. The lowest BCUT2D eigenvalue weighted by molar-refractivity contribution is -0.139. The topological polar surface area (TPSA) is 46.5 Å². The maximum Gasteiger partial charge on any atom is 0.135 e. The number of aliphatic hydroxyl groups is 1. The molecule has 0 aromatic heterocycles. The summed E-state index contributed by atoms with van der Waals surface area (Å²) in [6.45, 7) is 4.51. The van der Waals surface area contributed by atoms with Gasteiger partial charge in [-0.1, -0.05) is 39.0 Å². The lowest BCUT2D eigenvalue weighted by Gasteiger charge is -2.33. The standard InChI is InChI=1S/C15H28O3/c1-3-4-5-6-7-9-13(12(2)16)15-14(17)10-8-11-18-15/h13-15,17H,3-11H2,1-2H3/t13-,14-,15-/m1/s1. The molecule has 0 unspecified atom stereocenters. The maximum absolute atomic E-state index is 11.7. The molecule has 1 N–H and O–H groups in total. The molecule has 0 aromatic rings. The van der Waals surface area contributed by atoms with Crippen LogP contribution in [0, 0.1) is 5.92 Å². The Morgan fingerprint density at radius 1 is 1.33 bits per heavy atom. The first-order chi connectivity index (χ1) is 8.66. The predicted octanol–water partition coefficient (Wildman–Crippen LogP) is 3.09. The summed E-state index contributed by atoms with van der Waals surface area (Å²) in [5, 5.41) is 9.95. The van der Waals surface area contributed by atoms with Gasteiger partial charge >= 0.3 is 0 Å². The molecule has 0 aromatic carbocycles. The summed E-state index contributed by atoms with van der Waals surface area (Å²) in [5.74, 6) is 0.0540. The van der Waals surface area contributed by atoms with E-state index in [0.717, 1.165) is 25.7 Å². The summed E-state index contributed by atoms with van der Waals surface area (Å²) in [4.78, 5) is 11.7. The lowest BCUT2D eigenvalue weighted by Crippen LogP contribution is -2.42. The van der Waals surface area contributed by atoms with Crippen LogP contribution in [0.15, 0.2) is 0 Å². The second-order valence-corrected chi connectivity index (χ2v) is 5.47. The van der Waals surface area contributed by atoms with Crippen molar-refractivity contribution >= 4 is 5.78 Å². The normalized spacial score (nSPS) is 25.9. The summed E-state index contributed by atoms with van der Waals surface area (Å²) >= 11 is 0. The van der Waals surface area contributed by atoms with E-state index < -0.39 is 6.10 Å². The molecule has 0 radical (unpaired) electrons. The van der Waals surface area contributed by atoms with Crippen LogP contribution in [-0.4, -0.2) is 29.7 Å². The molecule has 1 heterocycles. The van der Waals surface area contributed by atoms with Gasteiger partial charge in [-0.25, -0.2) is 0 Å². The monoisotopic (exact) mass is 256 g/mol. The van der Waals surface area contributed by atoms with E-state index in [9.17, 15) is 9.90 Å². The van der Waals surface area contributed by atoms with Crippen LogP contribution in [0.2, 0.25) is 0 Å². The number of carbonyl (C=O) groups excluding carboxylic acids is 1. The molecule has 0 bridgehead atoms. The highest BCUT2D eigenvalue weighted by atomic mass is 16.5. The van der Waals surface area contributed by atoms with Gasteiger partial charge in [0.15, 0.2) is 0 Å². The van der Waals surface area contributed by atoms with Crippen molar-refractivity contribution in [1.29, 1.82) is 0 Å². The highest BCUT2D eigenvalue weighted by molar-refractivity contribution is 5.79. The van der Waals surface area contributed by atoms with Gasteiger partial charge in [0.1, 0.15) is 5.78 Å². The molecule has 3 nitrogen and oxygen atoms in total. The van der Waals surface area contributed by atoms with Gasteiger partial charge in [-0.3, -0.25) is 4.79 Å². The third-order valence-corrected chi connectivity index (χ3v) is 3.87. The fraction of sp³-hybridized carbons (Fsp3) is 0.933. The molecule has 0 saturated carbocycles. The number of ketones is 1. The van der Waals surface area contributed by atoms with Crippen molar-refractivity contribution in [3.8, 4) is 0 Å². The van der Waals surface area contributed by atoms with Gasteiger partial charge in [-0.05, 0) is 26.2 Å². The van der Waals surface area contributed by atoms with Crippen molar-refractivity contribution in [3.63, 3.8) is 0 Å². The minimum Gasteiger partial charge on any atom is -0.390 e. The number of hydrogen-bond donors (Lipinski definition) is 1. The van der Waals surface area contributed by atoms with Crippen LogP contribution in [0.4, 0.5) is 0 Å². The second kappa shape index (κ2) is 8.65. The molecular formula is C15H28O3. The van der Waals surface area contributed by atoms with Crippen LogP contribution in [0.25, 0.3) is 0 Å². The number of carbonyl (C=O) groups is 1. The Bertz CT molecular complexity index is 240. The summed E-state index contributed by atoms with van der Waals surface area (Å²) in [6.07, 6.45) is 7.82. The van der Waals surface area contributed by atoms with Crippen LogP contribution in [0.5, 0.6) is 0 Å². The highest BCUT2D eigenvalue weighted by Crippen LogP contribution is 2.26. The largest absolute Gasteiger partial charge is 0.390 e. The highest BCUT2D eigenvalue weighted by Gasteiger charge is 2.33. The van der Waals surface area contributed by atoms with E-state index in [4.69, 9.17) is 4.74 Å². The Morgan fingerprint density at radius 3 is 2.67 bits per heavy atom. The van der Waals surface area contributed by atoms with Crippen LogP contribution < -0.4 is 0 Å². The molecule has 0 spiro atoms. The number of ether oxygens (including phenoxy) is 1.